The van der Waals surface area contributed by atoms with Crippen LogP contribution in [-0.2, 0) is 0 Å². The molecule has 1 nitrogen and oxygen atoms in total. The summed E-state index contributed by atoms with van der Waals surface area (Å²) in [5, 5.41) is 4.91. The molecule has 2 saturated heterocycles. The Bertz CT molecular complexity index is 126. The van der Waals surface area contributed by atoms with Gasteiger partial charge in [-0.1, -0.05) is 22.4 Å². The smallest absolute Gasteiger partial charge is 0.00726 e. The summed E-state index contributed by atoms with van der Waals surface area (Å²) >= 11 is 3.59. The normalized spacial score (nSPS) is 43.9. The molecule has 2 fully saturated rings. The van der Waals surface area contributed by atoms with E-state index in [0.29, 0.717) is 0 Å². The fourth-order valence-corrected chi connectivity index (χ4v) is 3.04. The SMILES string of the molecule is BrCC1CC2CCCC(C1)N2. The molecule has 2 rings (SSSR count). The molecule has 2 heteroatoms. The minimum Gasteiger partial charge on any atom is -0.311 e. The van der Waals surface area contributed by atoms with E-state index in [0.717, 1.165) is 18.0 Å². The molecule has 0 aromatic heterocycles. The third-order valence-electron chi connectivity index (χ3n) is 3.03. The Balaban J connectivity index is 1.94. The van der Waals surface area contributed by atoms with Crippen LogP contribution in [0.3, 0.4) is 0 Å². The number of halogens is 1. The molecule has 64 valence electrons. The molecule has 2 aliphatic rings. The van der Waals surface area contributed by atoms with Crippen molar-refractivity contribution in [1.82, 2.24) is 5.32 Å². The minimum atomic E-state index is 0.852. The van der Waals surface area contributed by atoms with Gasteiger partial charge in [-0.2, -0.15) is 0 Å². The maximum Gasteiger partial charge on any atom is 0.00726 e. The van der Waals surface area contributed by atoms with Gasteiger partial charge in [0.2, 0.25) is 0 Å². The molecule has 0 saturated carbocycles. The summed E-state index contributed by atoms with van der Waals surface area (Å²) < 4.78 is 0. The molecule has 1 N–H and O–H groups in total. The first-order valence-electron chi connectivity index (χ1n) is 4.70. The molecule has 11 heavy (non-hydrogen) atoms. The highest BCUT2D eigenvalue weighted by atomic mass is 79.9. The van der Waals surface area contributed by atoms with E-state index in [4.69, 9.17) is 0 Å². The Morgan fingerprint density at radius 3 is 2.36 bits per heavy atom. The number of hydrogen-bond acceptors (Lipinski definition) is 1. The number of piperidine rings is 2. The minimum absolute atomic E-state index is 0.852. The first-order chi connectivity index (χ1) is 5.38. The van der Waals surface area contributed by atoms with Gasteiger partial charge in [0.25, 0.3) is 0 Å². The second kappa shape index (κ2) is 3.44. The summed E-state index contributed by atoms with van der Waals surface area (Å²) in [6.07, 6.45) is 7.10. The zero-order valence-electron chi connectivity index (χ0n) is 6.85. The summed E-state index contributed by atoms with van der Waals surface area (Å²) in [5.41, 5.74) is 0. The number of rotatable bonds is 1. The highest BCUT2D eigenvalue weighted by Gasteiger charge is 2.30. The van der Waals surface area contributed by atoms with Crippen molar-refractivity contribution in [3.8, 4) is 0 Å². The van der Waals surface area contributed by atoms with Crippen molar-refractivity contribution in [2.24, 2.45) is 5.92 Å². The van der Waals surface area contributed by atoms with Crippen molar-refractivity contribution in [2.75, 3.05) is 5.33 Å². The average molecular weight is 218 g/mol. The van der Waals surface area contributed by atoms with Gasteiger partial charge >= 0.3 is 0 Å². The lowest BCUT2D eigenvalue weighted by atomic mass is 9.81. The van der Waals surface area contributed by atoms with Crippen molar-refractivity contribution >= 4 is 15.9 Å². The van der Waals surface area contributed by atoms with E-state index < -0.39 is 0 Å². The number of nitrogens with one attached hydrogen (secondary N) is 1. The van der Waals surface area contributed by atoms with Crippen LogP contribution >= 0.6 is 15.9 Å². The molecule has 0 amide bonds. The maximum atomic E-state index is 3.70. The fraction of sp³-hybridized carbons (Fsp3) is 1.00. The average Bonchev–Trinajstić information content (AvgIpc) is 2.03. The maximum absolute atomic E-state index is 3.70. The van der Waals surface area contributed by atoms with E-state index >= 15 is 0 Å². The molecule has 2 bridgehead atoms. The van der Waals surface area contributed by atoms with Gasteiger partial charge < -0.3 is 5.32 Å². The van der Waals surface area contributed by atoms with Crippen molar-refractivity contribution in [1.29, 1.82) is 0 Å². The highest BCUT2D eigenvalue weighted by molar-refractivity contribution is 9.09. The second-order valence-electron chi connectivity index (χ2n) is 3.98. The number of alkyl halides is 1. The molecule has 0 aromatic rings. The van der Waals surface area contributed by atoms with Crippen LogP contribution in [0.5, 0.6) is 0 Å². The quantitative estimate of drug-likeness (QED) is 0.666. The van der Waals surface area contributed by atoms with Gasteiger partial charge in [0.05, 0.1) is 0 Å². The van der Waals surface area contributed by atoms with Gasteiger partial charge in [-0.3, -0.25) is 0 Å². The number of hydrogen-bond donors (Lipinski definition) is 1. The summed E-state index contributed by atoms with van der Waals surface area (Å²) in [7, 11) is 0. The van der Waals surface area contributed by atoms with Crippen LogP contribution in [0, 0.1) is 5.92 Å². The zero-order valence-corrected chi connectivity index (χ0v) is 8.44. The van der Waals surface area contributed by atoms with Gasteiger partial charge in [0.15, 0.2) is 0 Å². The van der Waals surface area contributed by atoms with Gasteiger partial charge in [-0.15, -0.1) is 0 Å². The molecule has 2 heterocycles. The van der Waals surface area contributed by atoms with Crippen LogP contribution in [0.15, 0.2) is 0 Å². The number of fused-ring (bicyclic) bond motifs is 2. The first-order valence-corrected chi connectivity index (χ1v) is 5.82. The van der Waals surface area contributed by atoms with Crippen LogP contribution in [0.25, 0.3) is 0 Å². The summed E-state index contributed by atoms with van der Waals surface area (Å²) in [6.45, 7) is 0. The Labute approximate surface area is 77.1 Å². The van der Waals surface area contributed by atoms with Gasteiger partial charge in [-0.05, 0) is 31.6 Å². The molecule has 2 atom stereocenters. The Hall–Kier alpha value is 0.440. The van der Waals surface area contributed by atoms with Crippen molar-refractivity contribution in [3.05, 3.63) is 0 Å². The van der Waals surface area contributed by atoms with Gasteiger partial charge in [-0.25, -0.2) is 0 Å². The summed E-state index contributed by atoms with van der Waals surface area (Å²) in [6, 6.07) is 1.70. The molecule has 0 aliphatic carbocycles. The van der Waals surface area contributed by atoms with E-state index in [9.17, 15) is 0 Å². The lowest BCUT2D eigenvalue weighted by Gasteiger charge is -2.39. The molecule has 0 aromatic carbocycles. The van der Waals surface area contributed by atoms with Crippen LogP contribution in [0.2, 0.25) is 0 Å². The van der Waals surface area contributed by atoms with E-state index in [1.165, 1.54) is 37.4 Å². The third kappa shape index (κ3) is 1.78. The molecule has 0 radical (unpaired) electrons. The van der Waals surface area contributed by atoms with Crippen LogP contribution < -0.4 is 5.32 Å². The van der Waals surface area contributed by atoms with E-state index in [-0.39, 0.29) is 0 Å². The predicted octanol–water partition coefficient (Wildman–Crippen LogP) is 2.30. The molecular weight excluding hydrogens is 202 g/mol. The van der Waals surface area contributed by atoms with Crippen LogP contribution in [0.4, 0.5) is 0 Å². The van der Waals surface area contributed by atoms with Crippen molar-refractivity contribution in [3.63, 3.8) is 0 Å². The molecular formula is C9H16BrN. The van der Waals surface area contributed by atoms with E-state index in [1.54, 1.807) is 0 Å². The lowest BCUT2D eigenvalue weighted by Crippen LogP contribution is -2.48. The second-order valence-corrected chi connectivity index (χ2v) is 4.63. The zero-order chi connectivity index (χ0) is 7.68. The lowest BCUT2D eigenvalue weighted by molar-refractivity contribution is 0.199. The van der Waals surface area contributed by atoms with Crippen molar-refractivity contribution < 1.29 is 0 Å². The van der Waals surface area contributed by atoms with Crippen LogP contribution in [-0.4, -0.2) is 17.4 Å². The Kier molecular flexibility index (Phi) is 2.52. The van der Waals surface area contributed by atoms with E-state index in [1.807, 2.05) is 0 Å². The predicted molar refractivity (Wildman–Crippen MR) is 51.1 cm³/mol. The fourth-order valence-electron chi connectivity index (χ4n) is 2.51. The third-order valence-corrected chi connectivity index (χ3v) is 3.95. The summed E-state index contributed by atoms with van der Waals surface area (Å²) in [4.78, 5) is 0. The summed E-state index contributed by atoms with van der Waals surface area (Å²) in [5.74, 6) is 0.951. The molecule has 2 unspecified atom stereocenters. The van der Waals surface area contributed by atoms with Gasteiger partial charge in [0.1, 0.15) is 0 Å². The molecule has 0 spiro atoms. The Morgan fingerprint density at radius 1 is 1.18 bits per heavy atom. The topological polar surface area (TPSA) is 12.0 Å². The van der Waals surface area contributed by atoms with Gasteiger partial charge in [0, 0.05) is 17.4 Å². The highest BCUT2D eigenvalue weighted by Crippen LogP contribution is 2.30. The monoisotopic (exact) mass is 217 g/mol. The van der Waals surface area contributed by atoms with Crippen LogP contribution in [0.1, 0.15) is 32.1 Å². The van der Waals surface area contributed by atoms with E-state index in [2.05, 4.69) is 21.2 Å². The largest absolute Gasteiger partial charge is 0.311 e. The first kappa shape index (κ1) is 8.06. The Morgan fingerprint density at radius 2 is 1.82 bits per heavy atom. The molecule has 2 aliphatic heterocycles. The van der Waals surface area contributed by atoms with Crippen molar-refractivity contribution in [2.45, 2.75) is 44.2 Å². The standard InChI is InChI=1S/C9H16BrN/c10-6-7-4-8-2-1-3-9(5-7)11-8/h7-9,11H,1-6H2.